The van der Waals surface area contributed by atoms with E-state index >= 15 is 0 Å². The lowest BCUT2D eigenvalue weighted by Crippen LogP contribution is -1.92. The fourth-order valence-electron chi connectivity index (χ4n) is 1.57. The topological polar surface area (TPSA) is 82.6 Å². The minimum Gasteiger partial charge on any atom is -0.481 e. The molecule has 0 aromatic carbocycles. The summed E-state index contributed by atoms with van der Waals surface area (Å²) < 4.78 is 4.87. The number of methoxy groups -OCH3 is 1. The summed E-state index contributed by atoms with van der Waals surface area (Å²) >= 11 is 16.9. The Morgan fingerprint density at radius 3 is 1.78 bits per heavy atom. The Bertz CT molecular complexity index is 763. The Labute approximate surface area is 149 Å². The molecule has 0 aliphatic heterocycles. The van der Waals surface area contributed by atoms with Gasteiger partial charge in [-0.15, -0.1) is 0 Å². The zero-order valence-corrected chi connectivity index (χ0v) is 14.8. The molecule has 2 aromatic heterocycles. The third kappa shape index (κ3) is 4.97. The standard InChI is InChI=1S/C8H7ClN2O.C7H4Cl2N2/c1-5-3-7(12-2)11-8(9)6(5)4-10;1-4-2-6(8)11-7(9)5(4)3-10/h3H,1-2H3;2H,1H3. The van der Waals surface area contributed by atoms with Crippen LogP contribution in [-0.2, 0) is 0 Å². The van der Waals surface area contributed by atoms with Gasteiger partial charge in [-0.05, 0) is 31.0 Å². The lowest BCUT2D eigenvalue weighted by Gasteiger charge is -2.02. The van der Waals surface area contributed by atoms with Crippen LogP contribution in [0.4, 0.5) is 0 Å². The molecule has 0 radical (unpaired) electrons. The van der Waals surface area contributed by atoms with Crippen molar-refractivity contribution in [2.45, 2.75) is 13.8 Å². The van der Waals surface area contributed by atoms with Crippen LogP contribution in [-0.4, -0.2) is 17.1 Å². The first-order valence-electron chi connectivity index (χ1n) is 6.18. The molecule has 0 N–H and O–H groups in total. The number of rotatable bonds is 1. The molecule has 8 heteroatoms. The molecule has 0 amide bonds. The van der Waals surface area contributed by atoms with Gasteiger partial charge < -0.3 is 4.74 Å². The van der Waals surface area contributed by atoms with Crippen molar-refractivity contribution in [1.82, 2.24) is 9.97 Å². The van der Waals surface area contributed by atoms with E-state index in [2.05, 4.69) is 9.97 Å². The van der Waals surface area contributed by atoms with Crippen LogP contribution in [0.15, 0.2) is 12.1 Å². The molecule has 5 nitrogen and oxygen atoms in total. The molecule has 2 aromatic rings. The third-order valence-electron chi connectivity index (χ3n) is 2.72. The maximum absolute atomic E-state index is 8.65. The van der Waals surface area contributed by atoms with Gasteiger partial charge in [0.2, 0.25) is 5.88 Å². The Kier molecular flexibility index (Phi) is 7.06. The van der Waals surface area contributed by atoms with Crippen LogP contribution < -0.4 is 4.74 Å². The molecule has 0 atom stereocenters. The number of aromatic nitrogens is 2. The molecule has 0 saturated carbocycles. The lowest BCUT2D eigenvalue weighted by molar-refractivity contribution is 0.397. The van der Waals surface area contributed by atoms with E-state index in [1.807, 2.05) is 12.1 Å². The van der Waals surface area contributed by atoms with Gasteiger partial charge >= 0.3 is 0 Å². The summed E-state index contributed by atoms with van der Waals surface area (Å²) in [5.74, 6) is 0.427. The Hall–Kier alpha value is -2.05. The maximum atomic E-state index is 8.65. The molecular weight excluding hydrogens is 359 g/mol. The van der Waals surface area contributed by atoms with E-state index in [4.69, 9.17) is 50.1 Å². The Morgan fingerprint density at radius 2 is 1.39 bits per heavy atom. The van der Waals surface area contributed by atoms with Crippen molar-refractivity contribution in [2.24, 2.45) is 0 Å². The zero-order valence-electron chi connectivity index (χ0n) is 12.5. The number of ether oxygens (including phenoxy) is 1. The Morgan fingerprint density at radius 1 is 0.913 bits per heavy atom. The van der Waals surface area contributed by atoms with Crippen LogP contribution in [0, 0.1) is 36.5 Å². The maximum Gasteiger partial charge on any atom is 0.214 e. The fourth-order valence-corrected chi connectivity index (χ4v) is 2.42. The zero-order chi connectivity index (χ0) is 17.6. The first-order chi connectivity index (χ1) is 10.8. The predicted octanol–water partition coefficient (Wildman–Crippen LogP) is 4.49. The lowest BCUT2D eigenvalue weighted by atomic mass is 10.2. The van der Waals surface area contributed by atoms with Crippen molar-refractivity contribution < 1.29 is 4.74 Å². The highest BCUT2D eigenvalue weighted by Gasteiger charge is 2.07. The van der Waals surface area contributed by atoms with Crippen LogP contribution >= 0.6 is 34.8 Å². The van der Waals surface area contributed by atoms with Gasteiger partial charge in [-0.25, -0.2) is 9.97 Å². The highest BCUT2D eigenvalue weighted by Crippen LogP contribution is 2.21. The number of nitriles is 2. The van der Waals surface area contributed by atoms with Crippen molar-refractivity contribution in [3.63, 3.8) is 0 Å². The van der Waals surface area contributed by atoms with E-state index in [0.29, 0.717) is 22.2 Å². The average Bonchev–Trinajstić information content (AvgIpc) is 2.47. The van der Waals surface area contributed by atoms with Crippen LogP contribution in [0.3, 0.4) is 0 Å². The number of pyridine rings is 2. The summed E-state index contributed by atoms with van der Waals surface area (Å²) in [6.07, 6.45) is 0. The van der Waals surface area contributed by atoms with Gasteiger partial charge in [0.15, 0.2) is 5.15 Å². The molecular formula is C15H11Cl3N4O. The summed E-state index contributed by atoms with van der Waals surface area (Å²) in [6, 6.07) is 7.18. The Balaban J connectivity index is 0.000000231. The average molecular weight is 370 g/mol. The molecule has 0 saturated heterocycles. The summed E-state index contributed by atoms with van der Waals surface area (Å²) in [5, 5.41) is 17.9. The molecule has 0 bridgehead atoms. The quantitative estimate of drug-likeness (QED) is 0.691. The van der Waals surface area contributed by atoms with Gasteiger partial charge in [-0.3, -0.25) is 0 Å². The van der Waals surface area contributed by atoms with Crippen molar-refractivity contribution >= 4 is 34.8 Å². The van der Waals surface area contributed by atoms with Gasteiger partial charge in [-0.2, -0.15) is 10.5 Å². The van der Waals surface area contributed by atoms with Gasteiger partial charge in [-0.1, -0.05) is 34.8 Å². The summed E-state index contributed by atoms with van der Waals surface area (Å²) in [5.41, 5.74) is 2.31. The highest BCUT2D eigenvalue weighted by atomic mass is 35.5. The predicted molar refractivity (Wildman–Crippen MR) is 89.0 cm³/mol. The van der Waals surface area contributed by atoms with E-state index in [9.17, 15) is 0 Å². The van der Waals surface area contributed by atoms with Gasteiger partial charge in [0, 0.05) is 6.07 Å². The summed E-state index contributed by atoms with van der Waals surface area (Å²) in [7, 11) is 1.50. The number of hydrogen-bond donors (Lipinski definition) is 0. The SMILES string of the molecule is COc1cc(C)c(C#N)c(Cl)n1.Cc1cc(Cl)nc(Cl)c1C#N. The van der Waals surface area contributed by atoms with Crippen molar-refractivity contribution in [2.75, 3.05) is 7.11 Å². The summed E-state index contributed by atoms with van der Waals surface area (Å²) in [4.78, 5) is 7.56. The van der Waals surface area contributed by atoms with E-state index in [0.717, 1.165) is 11.1 Å². The van der Waals surface area contributed by atoms with Gasteiger partial charge in [0.05, 0.1) is 18.2 Å². The highest BCUT2D eigenvalue weighted by molar-refractivity contribution is 6.33. The van der Waals surface area contributed by atoms with Crippen LogP contribution in [0.2, 0.25) is 15.5 Å². The van der Waals surface area contributed by atoms with E-state index in [1.54, 1.807) is 26.0 Å². The van der Waals surface area contributed by atoms with Gasteiger partial charge in [0.25, 0.3) is 0 Å². The molecule has 0 aliphatic carbocycles. The number of nitrogens with zero attached hydrogens (tertiary/aromatic N) is 4. The molecule has 2 rings (SSSR count). The molecule has 23 heavy (non-hydrogen) atoms. The minimum absolute atomic E-state index is 0.164. The van der Waals surface area contributed by atoms with Crippen molar-refractivity contribution in [3.05, 3.63) is 49.8 Å². The minimum atomic E-state index is 0.164. The molecule has 118 valence electrons. The van der Waals surface area contributed by atoms with Crippen LogP contribution in [0.5, 0.6) is 5.88 Å². The number of halogens is 3. The van der Waals surface area contributed by atoms with Gasteiger partial charge in [0.1, 0.15) is 22.4 Å². The number of hydrogen-bond acceptors (Lipinski definition) is 5. The smallest absolute Gasteiger partial charge is 0.214 e. The van der Waals surface area contributed by atoms with Crippen molar-refractivity contribution in [3.8, 4) is 18.0 Å². The first kappa shape index (κ1) is 19.0. The monoisotopic (exact) mass is 368 g/mol. The second kappa shape index (κ2) is 8.55. The normalized spacial score (nSPS) is 9.22. The van der Waals surface area contributed by atoms with E-state index in [1.165, 1.54) is 7.11 Å². The van der Waals surface area contributed by atoms with Crippen molar-refractivity contribution in [1.29, 1.82) is 10.5 Å². The second-order valence-corrected chi connectivity index (χ2v) is 5.40. The molecule has 0 fully saturated rings. The third-order valence-corrected chi connectivity index (χ3v) is 3.46. The van der Waals surface area contributed by atoms with Crippen LogP contribution in [0.1, 0.15) is 22.3 Å². The molecule has 2 heterocycles. The largest absolute Gasteiger partial charge is 0.481 e. The molecule has 0 spiro atoms. The molecule has 0 aliphatic rings. The first-order valence-corrected chi connectivity index (χ1v) is 7.31. The van der Waals surface area contributed by atoms with E-state index in [-0.39, 0.29) is 10.3 Å². The van der Waals surface area contributed by atoms with Crippen LogP contribution in [0.25, 0.3) is 0 Å². The van der Waals surface area contributed by atoms with E-state index < -0.39 is 0 Å². The fraction of sp³-hybridized carbons (Fsp3) is 0.200. The second-order valence-electron chi connectivity index (χ2n) is 4.30. The summed E-state index contributed by atoms with van der Waals surface area (Å²) in [6.45, 7) is 3.55. The number of aryl methyl sites for hydroxylation is 2. The molecule has 0 unspecified atom stereocenters.